The van der Waals surface area contributed by atoms with E-state index in [1.165, 1.54) is 31.4 Å². The molecule has 2 unspecified atom stereocenters. The molecule has 0 amide bonds. The quantitative estimate of drug-likeness (QED) is 0.868. The maximum Gasteiger partial charge on any atom is 0.0233 e. The lowest BCUT2D eigenvalue weighted by Crippen LogP contribution is -2.36. The van der Waals surface area contributed by atoms with Crippen LogP contribution in [0, 0.1) is 5.92 Å². The van der Waals surface area contributed by atoms with E-state index < -0.39 is 0 Å². The molecule has 17 heavy (non-hydrogen) atoms. The zero-order valence-electron chi connectivity index (χ0n) is 10.8. The molecular weight excluding hydrogens is 208 g/mol. The second kappa shape index (κ2) is 6.18. The zero-order valence-corrected chi connectivity index (χ0v) is 10.8. The van der Waals surface area contributed by atoms with Crippen molar-refractivity contribution in [3.63, 3.8) is 0 Å². The number of benzene rings is 1. The molecule has 1 fully saturated rings. The molecule has 2 rings (SSSR count). The van der Waals surface area contributed by atoms with Crippen LogP contribution in [0.2, 0.25) is 0 Å². The molecule has 2 nitrogen and oxygen atoms in total. The summed E-state index contributed by atoms with van der Waals surface area (Å²) in [4.78, 5) is 2.57. The summed E-state index contributed by atoms with van der Waals surface area (Å²) in [6.45, 7) is 5.60. The van der Waals surface area contributed by atoms with Crippen molar-refractivity contribution in [1.82, 2.24) is 4.90 Å². The first-order chi connectivity index (χ1) is 8.25. The Labute approximate surface area is 105 Å². The molecule has 1 aliphatic rings. The lowest BCUT2D eigenvalue weighted by Gasteiger charge is -2.26. The van der Waals surface area contributed by atoms with E-state index in [9.17, 15) is 0 Å². The summed E-state index contributed by atoms with van der Waals surface area (Å²) in [7, 11) is 0. The van der Waals surface area contributed by atoms with Gasteiger partial charge in [-0.15, -0.1) is 0 Å². The number of nitrogens with two attached hydrogens (primary N) is 1. The van der Waals surface area contributed by atoms with Crippen molar-refractivity contribution in [3.05, 3.63) is 35.9 Å². The molecule has 2 atom stereocenters. The van der Waals surface area contributed by atoms with Crippen LogP contribution in [0.4, 0.5) is 0 Å². The number of rotatable bonds is 3. The third kappa shape index (κ3) is 3.83. The summed E-state index contributed by atoms with van der Waals surface area (Å²) in [6, 6.07) is 11.1. The Hall–Kier alpha value is -0.860. The van der Waals surface area contributed by atoms with E-state index in [1.54, 1.807) is 0 Å². The minimum atomic E-state index is 0.325. The molecule has 94 valence electrons. The molecule has 0 aliphatic carbocycles. The largest absolute Gasteiger partial charge is 0.328 e. The van der Waals surface area contributed by atoms with Gasteiger partial charge in [-0.1, -0.05) is 36.8 Å². The highest BCUT2D eigenvalue weighted by molar-refractivity contribution is 5.14. The predicted molar refractivity (Wildman–Crippen MR) is 72.7 cm³/mol. The molecule has 1 aromatic carbocycles. The van der Waals surface area contributed by atoms with E-state index in [4.69, 9.17) is 5.73 Å². The molecule has 0 aromatic heterocycles. The molecule has 0 radical (unpaired) electrons. The van der Waals surface area contributed by atoms with Crippen molar-refractivity contribution in [2.45, 2.75) is 38.8 Å². The molecule has 0 bridgehead atoms. The summed E-state index contributed by atoms with van der Waals surface area (Å²) < 4.78 is 0. The highest BCUT2D eigenvalue weighted by Gasteiger charge is 2.20. The Morgan fingerprint density at radius 1 is 1.29 bits per heavy atom. The van der Waals surface area contributed by atoms with Gasteiger partial charge in [0, 0.05) is 19.1 Å². The molecular formula is C15H24N2. The van der Waals surface area contributed by atoms with Crippen LogP contribution < -0.4 is 5.73 Å². The van der Waals surface area contributed by atoms with Gasteiger partial charge in [-0.3, -0.25) is 4.90 Å². The van der Waals surface area contributed by atoms with Gasteiger partial charge in [0.1, 0.15) is 0 Å². The minimum Gasteiger partial charge on any atom is -0.328 e. The van der Waals surface area contributed by atoms with Crippen LogP contribution >= 0.6 is 0 Å². The summed E-state index contributed by atoms with van der Waals surface area (Å²) in [5, 5.41) is 0. The molecule has 2 heteroatoms. The number of hydrogen-bond acceptors (Lipinski definition) is 2. The number of likely N-dealkylation sites (tertiary alicyclic amines) is 1. The lowest BCUT2D eigenvalue weighted by molar-refractivity contribution is 0.227. The topological polar surface area (TPSA) is 29.3 Å². The van der Waals surface area contributed by atoms with Gasteiger partial charge in [0.25, 0.3) is 0 Å². The van der Waals surface area contributed by atoms with Crippen LogP contribution in [0.5, 0.6) is 0 Å². The first-order valence-electron chi connectivity index (χ1n) is 6.77. The van der Waals surface area contributed by atoms with Crippen LogP contribution in [-0.2, 0) is 6.54 Å². The lowest BCUT2D eigenvalue weighted by atomic mass is 9.96. The summed E-state index contributed by atoms with van der Waals surface area (Å²) in [6.07, 6.45) is 3.94. The van der Waals surface area contributed by atoms with Gasteiger partial charge < -0.3 is 5.73 Å². The first-order valence-corrected chi connectivity index (χ1v) is 6.77. The summed E-state index contributed by atoms with van der Waals surface area (Å²) >= 11 is 0. The molecule has 1 saturated heterocycles. The highest BCUT2D eigenvalue weighted by Crippen LogP contribution is 2.20. The normalized spacial score (nSPS) is 24.2. The number of nitrogens with zero attached hydrogens (tertiary/aromatic N) is 1. The Balaban J connectivity index is 1.95. The van der Waals surface area contributed by atoms with Crippen LogP contribution in [-0.4, -0.2) is 24.0 Å². The maximum atomic E-state index is 6.07. The van der Waals surface area contributed by atoms with Gasteiger partial charge in [-0.25, -0.2) is 0 Å². The predicted octanol–water partition coefficient (Wildman–Crippen LogP) is 2.64. The Bertz CT molecular complexity index is 321. The molecule has 1 aliphatic heterocycles. The molecule has 1 heterocycles. The average molecular weight is 232 g/mol. The fourth-order valence-electron chi connectivity index (χ4n) is 2.67. The first kappa shape index (κ1) is 12.6. The molecule has 0 saturated carbocycles. The van der Waals surface area contributed by atoms with Crippen molar-refractivity contribution in [2.24, 2.45) is 11.7 Å². The fraction of sp³-hybridized carbons (Fsp3) is 0.600. The molecule has 1 aromatic rings. The second-order valence-electron chi connectivity index (χ2n) is 5.34. The van der Waals surface area contributed by atoms with Gasteiger partial charge >= 0.3 is 0 Å². The van der Waals surface area contributed by atoms with Crippen LogP contribution in [0.1, 0.15) is 31.7 Å². The Morgan fingerprint density at radius 2 is 2.06 bits per heavy atom. The van der Waals surface area contributed by atoms with Crippen LogP contribution in [0.25, 0.3) is 0 Å². The van der Waals surface area contributed by atoms with E-state index in [2.05, 4.69) is 42.2 Å². The highest BCUT2D eigenvalue weighted by atomic mass is 15.1. The van der Waals surface area contributed by atoms with E-state index in [0.717, 1.165) is 13.1 Å². The third-order valence-electron chi connectivity index (χ3n) is 3.78. The SMILES string of the molecule is CC(N)C1CCCCN(Cc2ccccc2)C1. The van der Waals surface area contributed by atoms with E-state index >= 15 is 0 Å². The van der Waals surface area contributed by atoms with Gasteiger partial charge in [0.15, 0.2) is 0 Å². The van der Waals surface area contributed by atoms with Crippen LogP contribution in [0.3, 0.4) is 0 Å². The fourth-order valence-corrected chi connectivity index (χ4v) is 2.67. The van der Waals surface area contributed by atoms with Gasteiger partial charge in [0.05, 0.1) is 0 Å². The zero-order chi connectivity index (χ0) is 12.1. The summed E-state index contributed by atoms with van der Waals surface area (Å²) in [5.41, 5.74) is 7.48. The number of hydrogen-bond donors (Lipinski definition) is 1. The van der Waals surface area contributed by atoms with Crippen molar-refractivity contribution in [3.8, 4) is 0 Å². The summed E-state index contributed by atoms with van der Waals surface area (Å²) in [5.74, 6) is 0.668. The molecule has 2 N–H and O–H groups in total. The van der Waals surface area contributed by atoms with Crippen molar-refractivity contribution < 1.29 is 0 Å². The Morgan fingerprint density at radius 3 is 2.76 bits per heavy atom. The maximum absolute atomic E-state index is 6.07. The monoisotopic (exact) mass is 232 g/mol. The van der Waals surface area contributed by atoms with E-state index in [0.29, 0.717) is 12.0 Å². The molecule has 0 spiro atoms. The van der Waals surface area contributed by atoms with Crippen molar-refractivity contribution in [2.75, 3.05) is 13.1 Å². The van der Waals surface area contributed by atoms with Gasteiger partial charge in [-0.2, -0.15) is 0 Å². The van der Waals surface area contributed by atoms with Crippen molar-refractivity contribution in [1.29, 1.82) is 0 Å². The standard InChI is InChI=1S/C15H24N2/c1-13(16)15-9-5-6-10-17(12-15)11-14-7-3-2-4-8-14/h2-4,7-8,13,15H,5-6,9-12,16H2,1H3. The van der Waals surface area contributed by atoms with Gasteiger partial charge in [0.2, 0.25) is 0 Å². The van der Waals surface area contributed by atoms with E-state index in [-0.39, 0.29) is 0 Å². The smallest absolute Gasteiger partial charge is 0.0233 e. The van der Waals surface area contributed by atoms with Gasteiger partial charge in [-0.05, 0) is 37.8 Å². The Kier molecular flexibility index (Phi) is 4.57. The van der Waals surface area contributed by atoms with E-state index in [1.807, 2.05) is 0 Å². The average Bonchev–Trinajstić information content (AvgIpc) is 2.56. The third-order valence-corrected chi connectivity index (χ3v) is 3.78. The van der Waals surface area contributed by atoms with Crippen LogP contribution in [0.15, 0.2) is 30.3 Å². The van der Waals surface area contributed by atoms with Crippen molar-refractivity contribution >= 4 is 0 Å². The second-order valence-corrected chi connectivity index (χ2v) is 5.34. The minimum absolute atomic E-state index is 0.325.